The van der Waals surface area contributed by atoms with Gasteiger partial charge in [0, 0.05) is 29.8 Å². The first kappa shape index (κ1) is 17.0. The Morgan fingerprint density at radius 3 is 2.92 bits per heavy atom. The molecule has 2 aromatic heterocycles. The molecule has 0 aliphatic carbocycles. The zero-order chi connectivity index (χ0) is 17.9. The van der Waals surface area contributed by atoms with E-state index in [0.29, 0.717) is 24.5 Å². The molecule has 0 N–H and O–H groups in total. The molecule has 1 saturated heterocycles. The number of aromatic nitrogens is 1. The van der Waals surface area contributed by atoms with Crippen LogP contribution in [0, 0.1) is 5.82 Å². The summed E-state index contributed by atoms with van der Waals surface area (Å²) in [4.78, 5) is 20.1. The van der Waals surface area contributed by atoms with Crippen LogP contribution in [0.4, 0.5) is 4.39 Å². The Balaban J connectivity index is 1.38. The van der Waals surface area contributed by atoms with Crippen molar-refractivity contribution < 1.29 is 13.6 Å². The number of amides is 1. The third-order valence-electron chi connectivity index (χ3n) is 4.68. The highest BCUT2D eigenvalue weighted by atomic mass is 32.1. The molecule has 1 aliphatic rings. The van der Waals surface area contributed by atoms with Crippen molar-refractivity contribution in [3.05, 3.63) is 64.6 Å². The van der Waals surface area contributed by atoms with Crippen LogP contribution in [0.3, 0.4) is 0 Å². The van der Waals surface area contributed by atoms with Crippen molar-refractivity contribution in [3.63, 3.8) is 0 Å². The third kappa shape index (κ3) is 3.55. The third-order valence-corrected chi connectivity index (χ3v) is 5.65. The summed E-state index contributed by atoms with van der Waals surface area (Å²) in [5.74, 6) is 0.974. The maximum Gasteiger partial charge on any atom is 0.223 e. The van der Waals surface area contributed by atoms with Gasteiger partial charge in [0.1, 0.15) is 5.82 Å². The van der Waals surface area contributed by atoms with Crippen LogP contribution in [0.2, 0.25) is 0 Å². The number of carbonyl (C=O) groups excluding carboxylic acids is 1. The summed E-state index contributed by atoms with van der Waals surface area (Å²) in [7, 11) is 0. The van der Waals surface area contributed by atoms with Gasteiger partial charge in [0.2, 0.25) is 5.91 Å². The summed E-state index contributed by atoms with van der Waals surface area (Å²) in [5, 5.41) is 2.06. The number of carbonyl (C=O) groups is 1. The monoisotopic (exact) mass is 370 g/mol. The lowest BCUT2D eigenvalue weighted by Crippen LogP contribution is -2.30. The van der Waals surface area contributed by atoms with Crippen LogP contribution in [0.1, 0.15) is 36.1 Å². The smallest absolute Gasteiger partial charge is 0.223 e. The molecule has 1 atom stereocenters. The first-order chi connectivity index (χ1) is 12.7. The molecule has 26 heavy (non-hydrogen) atoms. The lowest BCUT2D eigenvalue weighted by Gasteiger charge is -2.23. The summed E-state index contributed by atoms with van der Waals surface area (Å²) in [6.45, 7) is 0.813. The maximum atomic E-state index is 13.0. The number of likely N-dealkylation sites (tertiary alicyclic amines) is 1. The fraction of sp³-hybridized carbons (Fsp3) is 0.300. The second-order valence-corrected chi connectivity index (χ2v) is 7.36. The lowest BCUT2D eigenvalue weighted by atomic mass is 10.1. The highest BCUT2D eigenvalue weighted by Crippen LogP contribution is 2.35. The highest BCUT2D eigenvalue weighted by Gasteiger charge is 2.30. The molecule has 4 rings (SSSR count). The molecule has 4 nitrogen and oxygen atoms in total. The summed E-state index contributed by atoms with van der Waals surface area (Å²) in [6, 6.07) is 10.4. The molecule has 1 aliphatic heterocycles. The Morgan fingerprint density at radius 1 is 1.31 bits per heavy atom. The molecule has 1 fully saturated rings. The molecule has 6 heteroatoms. The van der Waals surface area contributed by atoms with Crippen LogP contribution in [0.15, 0.2) is 52.4 Å². The number of nitrogens with zero attached hydrogens (tertiary/aromatic N) is 2. The van der Waals surface area contributed by atoms with E-state index < -0.39 is 0 Å². The van der Waals surface area contributed by atoms with Crippen molar-refractivity contribution in [1.29, 1.82) is 0 Å². The Hall–Kier alpha value is -2.47. The van der Waals surface area contributed by atoms with E-state index in [9.17, 15) is 9.18 Å². The molecule has 3 heterocycles. The molecule has 1 amide bonds. The Kier molecular flexibility index (Phi) is 4.84. The molecule has 0 radical (unpaired) electrons. The Labute approximate surface area is 155 Å². The van der Waals surface area contributed by atoms with E-state index in [-0.39, 0.29) is 17.8 Å². The van der Waals surface area contributed by atoms with Crippen LogP contribution >= 0.6 is 11.3 Å². The molecule has 1 aromatic carbocycles. The molecule has 0 spiro atoms. The molecule has 0 bridgehead atoms. The van der Waals surface area contributed by atoms with Crippen LogP contribution in [0.25, 0.3) is 11.3 Å². The summed E-state index contributed by atoms with van der Waals surface area (Å²) >= 11 is 1.71. The zero-order valence-electron chi connectivity index (χ0n) is 14.2. The molecule has 0 saturated carbocycles. The lowest BCUT2D eigenvalue weighted by molar-refractivity contribution is -0.132. The van der Waals surface area contributed by atoms with E-state index in [0.717, 1.165) is 24.9 Å². The Bertz CT molecular complexity index is 874. The summed E-state index contributed by atoms with van der Waals surface area (Å²) in [6.07, 6.45) is 4.54. The standard InChI is InChI=1S/C20H19FN2O2S/c21-15-7-5-14(6-8-15)17-13-22-19(25-17)9-10-20(24)23-11-1-3-16(23)18-4-2-12-26-18/h2,4-8,12-13,16H,1,3,9-11H2. The van der Waals surface area contributed by atoms with Crippen LogP contribution in [0.5, 0.6) is 0 Å². The minimum atomic E-state index is -0.287. The second kappa shape index (κ2) is 7.41. The van der Waals surface area contributed by atoms with Gasteiger partial charge in [-0.2, -0.15) is 0 Å². The Morgan fingerprint density at radius 2 is 2.15 bits per heavy atom. The molecular formula is C20H19FN2O2S. The van der Waals surface area contributed by atoms with Gasteiger partial charge >= 0.3 is 0 Å². The number of benzene rings is 1. The number of hydrogen-bond acceptors (Lipinski definition) is 4. The first-order valence-corrected chi connectivity index (χ1v) is 9.62. The van der Waals surface area contributed by atoms with Gasteiger partial charge in [0.05, 0.1) is 12.2 Å². The number of oxazole rings is 1. The highest BCUT2D eigenvalue weighted by molar-refractivity contribution is 7.10. The van der Waals surface area contributed by atoms with Crippen LogP contribution in [-0.2, 0) is 11.2 Å². The molecule has 1 unspecified atom stereocenters. The number of rotatable bonds is 5. The number of hydrogen-bond donors (Lipinski definition) is 0. The molecule has 3 aromatic rings. The van der Waals surface area contributed by atoms with Gasteiger partial charge in [-0.3, -0.25) is 4.79 Å². The van der Waals surface area contributed by atoms with Crippen molar-refractivity contribution in [2.24, 2.45) is 0 Å². The quantitative estimate of drug-likeness (QED) is 0.646. The van der Waals surface area contributed by atoms with Crippen molar-refractivity contribution in [3.8, 4) is 11.3 Å². The fourth-order valence-corrected chi connectivity index (χ4v) is 4.25. The van der Waals surface area contributed by atoms with Crippen LogP contribution in [-0.4, -0.2) is 22.3 Å². The minimum absolute atomic E-state index is 0.141. The van der Waals surface area contributed by atoms with Gasteiger partial charge in [0.25, 0.3) is 0 Å². The van der Waals surface area contributed by atoms with Crippen molar-refractivity contribution in [2.75, 3.05) is 6.54 Å². The van der Waals surface area contributed by atoms with Gasteiger partial charge in [-0.15, -0.1) is 11.3 Å². The van der Waals surface area contributed by atoms with Gasteiger partial charge in [-0.05, 0) is 48.6 Å². The summed E-state index contributed by atoms with van der Waals surface area (Å²) in [5.41, 5.74) is 0.772. The van der Waals surface area contributed by atoms with E-state index in [2.05, 4.69) is 16.4 Å². The van der Waals surface area contributed by atoms with Gasteiger partial charge < -0.3 is 9.32 Å². The van der Waals surface area contributed by atoms with Crippen molar-refractivity contribution >= 4 is 17.2 Å². The number of thiophene rings is 1. The zero-order valence-corrected chi connectivity index (χ0v) is 15.0. The van der Waals surface area contributed by atoms with E-state index in [4.69, 9.17) is 4.42 Å². The minimum Gasteiger partial charge on any atom is -0.441 e. The molecular weight excluding hydrogens is 351 g/mol. The average molecular weight is 370 g/mol. The van der Waals surface area contributed by atoms with E-state index in [1.807, 2.05) is 11.0 Å². The van der Waals surface area contributed by atoms with Gasteiger partial charge in [0.15, 0.2) is 11.7 Å². The number of halogens is 1. The van der Waals surface area contributed by atoms with Gasteiger partial charge in [-0.25, -0.2) is 9.37 Å². The summed E-state index contributed by atoms with van der Waals surface area (Å²) < 4.78 is 18.7. The topological polar surface area (TPSA) is 46.3 Å². The van der Waals surface area contributed by atoms with Gasteiger partial charge in [-0.1, -0.05) is 6.07 Å². The largest absolute Gasteiger partial charge is 0.441 e. The number of aryl methyl sites for hydroxylation is 1. The first-order valence-electron chi connectivity index (χ1n) is 8.74. The normalized spacial score (nSPS) is 17.0. The second-order valence-electron chi connectivity index (χ2n) is 6.39. The predicted octanol–water partition coefficient (Wildman–Crippen LogP) is 4.84. The van der Waals surface area contributed by atoms with Crippen LogP contribution < -0.4 is 0 Å². The predicted molar refractivity (Wildman–Crippen MR) is 98.2 cm³/mol. The average Bonchev–Trinajstić information content (AvgIpc) is 3.40. The fourth-order valence-electron chi connectivity index (χ4n) is 3.37. The maximum absolute atomic E-state index is 13.0. The van der Waals surface area contributed by atoms with Crippen molar-refractivity contribution in [1.82, 2.24) is 9.88 Å². The molecule has 134 valence electrons. The van der Waals surface area contributed by atoms with E-state index in [1.54, 1.807) is 29.7 Å². The SMILES string of the molecule is O=C(CCc1ncc(-c2ccc(F)cc2)o1)N1CCCC1c1cccs1. The van der Waals surface area contributed by atoms with E-state index >= 15 is 0 Å². The van der Waals surface area contributed by atoms with E-state index in [1.165, 1.54) is 17.0 Å². The van der Waals surface area contributed by atoms with Crippen molar-refractivity contribution in [2.45, 2.75) is 31.7 Å².